The molecule has 1 aromatic carbocycles. The minimum Gasteiger partial charge on any atom is -0.419 e. The zero-order valence-electron chi connectivity index (χ0n) is 15.5. The van der Waals surface area contributed by atoms with Gasteiger partial charge < -0.3 is 9.15 Å². The first-order valence-electron chi connectivity index (χ1n) is 9.32. The van der Waals surface area contributed by atoms with E-state index in [9.17, 15) is 4.39 Å². The SMILES string of the molecule is CCOCCN1CCN(Cc2nnc(-c3ccc(F)cc3)o2)CC1CC. The summed E-state index contributed by atoms with van der Waals surface area (Å²) in [6, 6.07) is 6.61. The molecule has 142 valence electrons. The molecule has 1 atom stereocenters. The van der Waals surface area contributed by atoms with Crippen LogP contribution in [-0.2, 0) is 11.3 Å². The van der Waals surface area contributed by atoms with Gasteiger partial charge in [0.15, 0.2) is 0 Å². The summed E-state index contributed by atoms with van der Waals surface area (Å²) in [5.41, 5.74) is 0.734. The van der Waals surface area contributed by atoms with Gasteiger partial charge >= 0.3 is 0 Å². The van der Waals surface area contributed by atoms with Gasteiger partial charge in [0.1, 0.15) is 5.82 Å². The van der Waals surface area contributed by atoms with Crippen LogP contribution in [0.25, 0.3) is 11.5 Å². The molecule has 0 spiro atoms. The lowest BCUT2D eigenvalue weighted by atomic mass is 10.1. The molecule has 26 heavy (non-hydrogen) atoms. The lowest BCUT2D eigenvalue weighted by Gasteiger charge is -2.40. The normalized spacial score (nSPS) is 19.1. The third kappa shape index (κ3) is 4.87. The fourth-order valence-corrected chi connectivity index (χ4v) is 3.33. The molecule has 0 bridgehead atoms. The van der Waals surface area contributed by atoms with E-state index in [1.807, 2.05) is 6.92 Å². The summed E-state index contributed by atoms with van der Waals surface area (Å²) in [7, 11) is 0. The zero-order chi connectivity index (χ0) is 18.4. The lowest BCUT2D eigenvalue weighted by molar-refractivity contribution is 0.0357. The van der Waals surface area contributed by atoms with Crippen LogP contribution in [0.5, 0.6) is 0 Å². The molecule has 1 fully saturated rings. The first-order chi connectivity index (χ1) is 12.7. The molecular weight excluding hydrogens is 335 g/mol. The average Bonchev–Trinajstić information content (AvgIpc) is 3.12. The van der Waals surface area contributed by atoms with Crippen molar-refractivity contribution >= 4 is 0 Å². The highest BCUT2D eigenvalue weighted by molar-refractivity contribution is 5.51. The molecule has 0 radical (unpaired) electrons. The van der Waals surface area contributed by atoms with Crippen LogP contribution < -0.4 is 0 Å². The number of hydrogen-bond donors (Lipinski definition) is 0. The molecule has 2 aromatic rings. The van der Waals surface area contributed by atoms with Gasteiger partial charge in [0.25, 0.3) is 0 Å². The second-order valence-corrected chi connectivity index (χ2v) is 6.54. The second-order valence-electron chi connectivity index (χ2n) is 6.54. The van der Waals surface area contributed by atoms with Gasteiger partial charge in [-0.15, -0.1) is 10.2 Å². The number of aromatic nitrogens is 2. The van der Waals surface area contributed by atoms with E-state index in [1.54, 1.807) is 12.1 Å². The maximum Gasteiger partial charge on any atom is 0.247 e. The van der Waals surface area contributed by atoms with Crippen molar-refractivity contribution in [2.75, 3.05) is 39.4 Å². The quantitative estimate of drug-likeness (QED) is 0.673. The van der Waals surface area contributed by atoms with Crippen molar-refractivity contribution in [1.82, 2.24) is 20.0 Å². The molecule has 1 unspecified atom stereocenters. The van der Waals surface area contributed by atoms with E-state index < -0.39 is 0 Å². The fraction of sp³-hybridized carbons (Fsp3) is 0.579. The molecule has 0 amide bonds. The Kier molecular flexibility index (Phi) is 6.71. The predicted octanol–water partition coefficient (Wildman–Crippen LogP) is 2.81. The molecule has 1 aliphatic heterocycles. The van der Waals surface area contributed by atoms with E-state index in [4.69, 9.17) is 9.15 Å². The number of rotatable bonds is 8. The van der Waals surface area contributed by atoms with E-state index in [1.165, 1.54) is 12.1 Å². The number of ether oxygens (including phenoxy) is 1. The molecule has 3 rings (SSSR count). The Hall–Kier alpha value is -1.83. The van der Waals surface area contributed by atoms with E-state index in [0.717, 1.165) is 51.4 Å². The van der Waals surface area contributed by atoms with E-state index in [2.05, 4.69) is 26.9 Å². The summed E-state index contributed by atoms with van der Waals surface area (Å²) in [6.45, 7) is 10.4. The monoisotopic (exact) mass is 362 g/mol. The van der Waals surface area contributed by atoms with Gasteiger partial charge in [0.05, 0.1) is 13.2 Å². The Labute approximate surface area is 153 Å². The summed E-state index contributed by atoms with van der Waals surface area (Å²) in [4.78, 5) is 4.86. The van der Waals surface area contributed by atoms with Crippen LogP contribution in [0.4, 0.5) is 4.39 Å². The third-order valence-electron chi connectivity index (χ3n) is 4.80. The highest BCUT2D eigenvalue weighted by Crippen LogP contribution is 2.20. The van der Waals surface area contributed by atoms with E-state index >= 15 is 0 Å². The number of benzene rings is 1. The van der Waals surface area contributed by atoms with Crippen LogP contribution >= 0.6 is 0 Å². The summed E-state index contributed by atoms with van der Waals surface area (Å²) in [5.74, 6) is 0.755. The summed E-state index contributed by atoms with van der Waals surface area (Å²) >= 11 is 0. The first kappa shape index (κ1) is 18.9. The zero-order valence-corrected chi connectivity index (χ0v) is 15.5. The Bertz CT molecular complexity index is 676. The van der Waals surface area contributed by atoms with E-state index in [0.29, 0.717) is 24.4 Å². The molecule has 1 saturated heterocycles. The molecule has 0 N–H and O–H groups in total. The molecule has 1 aromatic heterocycles. The molecule has 0 saturated carbocycles. The number of hydrogen-bond acceptors (Lipinski definition) is 6. The van der Waals surface area contributed by atoms with Gasteiger partial charge in [-0.05, 0) is 37.6 Å². The number of halogens is 1. The van der Waals surface area contributed by atoms with Gasteiger partial charge in [-0.2, -0.15) is 0 Å². The van der Waals surface area contributed by atoms with Gasteiger partial charge in [-0.1, -0.05) is 6.92 Å². The number of piperazine rings is 1. The van der Waals surface area contributed by atoms with Gasteiger partial charge in [-0.25, -0.2) is 4.39 Å². The topological polar surface area (TPSA) is 54.6 Å². The Morgan fingerprint density at radius 2 is 2.00 bits per heavy atom. The predicted molar refractivity (Wildman–Crippen MR) is 97.1 cm³/mol. The van der Waals surface area contributed by atoms with Crippen LogP contribution in [0.1, 0.15) is 26.2 Å². The smallest absolute Gasteiger partial charge is 0.247 e. The molecular formula is C19H27FN4O2. The standard InChI is InChI=1S/C19H27FN4O2/c1-3-17-13-23(9-10-24(17)11-12-25-4-2)14-18-21-22-19(26-18)15-5-7-16(20)8-6-15/h5-8,17H,3-4,9-14H2,1-2H3. The second kappa shape index (κ2) is 9.21. The van der Waals surface area contributed by atoms with Gasteiger partial charge in [0, 0.05) is 44.4 Å². The maximum atomic E-state index is 13.0. The number of nitrogens with zero attached hydrogens (tertiary/aromatic N) is 4. The lowest BCUT2D eigenvalue weighted by Crippen LogP contribution is -2.53. The Balaban J connectivity index is 1.55. The van der Waals surface area contributed by atoms with Crippen molar-refractivity contribution in [3.63, 3.8) is 0 Å². The highest BCUT2D eigenvalue weighted by atomic mass is 19.1. The van der Waals surface area contributed by atoms with Crippen molar-refractivity contribution in [2.45, 2.75) is 32.9 Å². The third-order valence-corrected chi connectivity index (χ3v) is 4.80. The summed E-state index contributed by atoms with van der Waals surface area (Å²) < 4.78 is 24.3. The van der Waals surface area contributed by atoms with Crippen LogP contribution in [-0.4, -0.2) is 65.4 Å². The van der Waals surface area contributed by atoms with E-state index in [-0.39, 0.29) is 5.82 Å². The first-order valence-corrected chi connectivity index (χ1v) is 9.32. The fourth-order valence-electron chi connectivity index (χ4n) is 3.33. The molecule has 0 aliphatic carbocycles. The van der Waals surface area contributed by atoms with Crippen molar-refractivity contribution in [3.05, 3.63) is 36.0 Å². The summed E-state index contributed by atoms with van der Waals surface area (Å²) in [6.07, 6.45) is 1.10. The Morgan fingerprint density at radius 1 is 1.19 bits per heavy atom. The Morgan fingerprint density at radius 3 is 2.73 bits per heavy atom. The van der Waals surface area contributed by atoms with Crippen molar-refractivity contribution in [2.24, 2.45) is 0 Å². The van der Waals surface area contributed by atoms with Crippen LogP contribution in [0.2, 0.25) is 0 Å². The van der Waals surface area contributed by atoms with Crippen LogP contribution in [0.15, 0.2) is 28.7 Å². The largest absolute Gasteiger partial charge is 0.419 e. The molecule has 7 heteroatoms. The van der Waals surface area contributed by atoms with Crippen LogP contribution in [0, 0.1) is 5.82 Å². The minimum atomic E-state index is -0.277. The highest BCUT2D eigenvalue weighted by Gasteiger charge is 2.26. The molecule has 2 heterocycles. The maximum absolute atomic E-state index is 13.0. The average molecular weight is 362 g/mol. The minimum absolute atomic E-state index is 0.277. The molecule has 1 aliphatic rings. The molecule has 6 nitrogen and oxygen atoms in total. The van der Waals surface area contributed by atoms with Gasteiger partial charge in [-0.3, -0.25) is 9.80 Å². The van der Waals surface area contributed by atoms with Crippen molar-refractivity contribution in [1.29, 1.82) is 0 Å². The van der Waals surface area contributed by atoms with Crippen LogP contribution in [0.3, 0.4) is 0 Å². The summed E-state index contributed by atoms with van der Waals surface area (Å²) in [5, 5.41) is 8.25. The van der Waals surface area contributed by atoms with Crippen molar-refractivity contribution in [3.8, 4) is 11.5 Å². The van der Waals surface area contributed by atoms with Crippen molar-refractivity contribution < 1.29 is 13.5 Å². The van der Waals surface area contributed by atoms with Gasteiger partial charge in [0.2, 0.25) is 11.8 Å².